The van der Waals surface area contributed by atoms with E-state index < -0.39 is 5.69 Å². The van der Waals surface area contributed by atoms with Gasteiger partial charge in [-0.15, -0.1) is 0 Å². The highest BCUT2D eigenvalue weighted by Crippen LogP contribution is 2.11. The van der Waals surface area contributed by atoms with Crippen LogP contribution in [0.25, 0.3) is 0 Å². The molecular weight excluding hydrogens is 284 g/mol. The summed E-state index contributed by atoms with van der Waals surface area (Å²) in [6, 6.07) is 8.98. The number of hydrogen-bond donors (Lipinski definition) is 1. The van der Waals surface area contributed by atoms with Crippen LogP contribution in [0.4, 0.5) is 5.82 Å². The zero-order valence-electron chi connectivity index (χ0n) is 12.7. The van der Waals surface area contributed by atoms with Crippen molar-refractivity contribution in [3.8, 4) is 5.75 Å². The summed E-state index contributed by atoms with van der Waals surface area (Å²) in [5, 5.41) is 5.65. The van der Waals surface area contributed by atoms with E-state index in [0.717, 1.165) is 15.9 Å². The second kappa shape index (κ2) is 6.75. The number of aromatic nitrogens is 2. The summed E-state index contributed by atoms with van der Waals surface area (Å²) in [6.45, 7) is 0. The summed E-state index contributed by atoms with van der Waals surface area (Å²) in [4.78, 5) is 25.7. The average molecular weight is 302 g/mol. The van der Waals surface area contributed by atoms with Crippen LogP contribution in [0.3, 0.4) is 0 Å². The molecule has 0 saturated carbocycles. The van der Waals surface area contributed by atoms with Crippen LogP contribution >= 0.6 is 0 Å². The summed E-state index contributed by atoms with van der Waals surface area (Å²) in [5.74, 6) is 1.15. The molecule has 1 aromatic carbocycles. The summed E-state index contributed by atoms with van der Waals surface area (Å²) < 4.78 is 6.09. The molecule has 0 aliphatic carbocycles. The van der Waals surface area contributed by atoms with Crippen LogP contribution in [0, 0.1) is 0 Å². The predicted octanol–water partition coefficient (Wildman–Crippen LogP) is 0.747. The highest BCUT2D eigenvalue weighted by atomic mass is 16.5. The molecule has 2 rings (SSSR count). The van der Waals surface area contributed by atoms with Gasteiger partial charge in [-0.2, -0.15) is 5.10 Å². The second-order valence-electron chi connectivity index (χ2n) is 4.73. The maximum atomic E-state index is 11.6. The van der Waals surface area contributed by atoms with E-state index in [4.69, 9.17) is 4.74 Å². The SMILES string of the molecule is COc1ccc(C/C=N/N(C)c2cc(=O)n(C)c(=O)[nH]2)cc1. The van der Waals surface area contributed by atoms with Crippen LogP contribution in [0.5, 0.6) is 5.75 Å². The van der Waals surface area contributed by atoms with Gasteiger partial charge in [-0.3, -0.25) is 19.4 Å². The highest BCUT2D eigenvalue weighted by Gasteiger charge is 2.03. The van der Waals surface area contributed by atoms with Gasteiger partial charge in [0.15, 0.2) is 0 Å². The minimum absolute atomic E-state index is 0.346. The van der Waals surface area contributed by atoms with Crippen molar-refractivity contribution in [2.75, 3.05) is 19.2 Å². The molecule has 2 aromatic rings. The smallest absolute Gasteiger partial charge is 0.329 e. The van der Waals surface area contributed by atoms with Gasteiger partial charge in [-0.1, -0.05) is 12.1 Å². The zero-order chi connectivity index (χ0) is 16.1. The van der Waals surface area contributed by atoms with Crippen molar-refractivity contribution in [2.45, 2.75) is 6.42 Å². The minimum atomic E-state index is -0.472. The molecule has 0 aliphatic rings. The zero-order valence-corrected chi connectivity index (χ0v) is 12.7. The number of nitrogens with zero attached hydrogens (tertiary/aromatic N) is 3. The van der Waals surface area contributed by atoms with Gasteiger partial charge in [0.05, 0.1) is 7.11 Å². The van der Waals surface area contributed by atoms with Crippen molar-refractivity contribution in [3.05, 3.63) is 56.7 Å². The standard InChI is InChI=1S/C15H18N4O3/c1-18-14(20)10-13(17-15(18)21)19(2)16-9-8-11-4-6-12(22-3)7-5-11/h4-7,9-10H,8H2,1-3H3,(H,17,21)/b16-9+. The molecule has 0 amide bonds. The first-order valence-corrected chi connectivity index (χ1v) is 6.70. The van der Waals surface area contributed by atoms with Crippen molar-refractivity contribution in [2.24, 2.45) is 12.1 Å². The number of methoxy groups -OCH3 is 1. The molecule has 0 aliphatic heterocycles. The normalized spacial score (nSPS) is 10.9. The van der Waals surface area contributed by atoms with Gasteiger partial charge in [0.1, 0.15) is 11.6 Å². The number of rotatable bonds is 5. The Labute approximate surface area is 127 Å². The van der Waals surface area contributed by atoms with Gasteiger partial charge >= 0.3 is 5.69 Å². The quantitative estimate of drug-likeness (QED) is 0.653. The Kier molecular flexibility index (Phi) is 4.77. The molecule has 1 heterocycles. The van der Waals surface area contributed by atoms with E-state index in [1.807, 2.05) is 24.3 Å². The van der Waals surface area contributed by atoms with Crippen LogP contribution in [0.15, 0.2) is 45.0 Å². The first-order valence-electron chi connectivity index (χ1n) is 6.70. The molecule has 22 heavy (non-hydrogen) atoms. The molecule has 0 spiro atoms. The van der Waals surface area contributed by atoms with Crippen molar-refractivity contribution in [1.29, 1.82) is 0 Å². The summed E-state index contributed by atoms with van der Waals surface area (Å²) in [6.07, 6.45) is 2.33. The lowest BCUT2D eigenvalue weighted by Gasteiger charge is -2.12. The third-order valence-corrected chi connectivity index (χ3v) is 3.22. The molecule has 0 atom stereocenters. The Morgan fingerprint density at radius 1 is 1.32 bits per heavy atom. The summed E-state index contributed by atoms with van der Waals surface area (Å²) in [7, 11) is 4.70. The average Bonchev–Trinajstić information content (AvgIpc) is 2.52. The van der Waals surface area contributed by atoms with Crippen LogP contribution in [0.1, 0.15) is 5.56 Å². The maximum Gasteiger partial charge on any atom is 0.329 e. The van der Waals surface area contributed by atoms with E-state index in [9.17, 15) is 9.59 Å². The van der Waals surface area contributed by atoms with Crippen LogP contribution in [-0.2, 0) is 13.5 Å². The molecular formula is C15H18N4O3. The molecule has 1 N–H and O–H groups in total. The van der Waals surface area contributed by atoms with E-state index >= 15 is 0 Å². The molecule has 0 saturated heterocycles. The molecule has 7 heteroatoms. The third-order valence-electron chi connectivity index (χ3n) is 3.22. The van der Waals surface area contributed by atoms with Gasteiger partial charge in [0, 0.05) is 32.8 Å². The first kappa shape index (κ1) is 15.6. The van der Waals surface area contributed by atoms with Crippen LogP contribution in [-0.4, -0.2) is 29.9 Å². The Bertz CT molecular complexity index is 743. The fraction of sp³-hybridized carbons (Fsp3) is 0.267. The summed E-state index contributed by atoms with van der Waals surface area (Å²) in [5.41, 5.74) is 0.228. The Balaban J connectivity index is 2.06. The van der Waals surface area contributed by atoms with Gasteiger partial charge in [-0.05, 0) is 17.7 Å². The number of nitrogens with one attached hydrogen (secondary N) is 1. The van der Waals surface area contributed by atoms with Crippen LogP contribution < -0.4 is 21.0 Å². The molecule has 1 aromatic heterocycles. The van der Waals surface area contributed by atoms with Crippen molar-refractivity contribution >= 4 is 12.0 Å². The third kappa shape index (κ3) is 3.63. The van der Waals surface area contributed by atoms with Gasteiger partial charge in [-0.25, -0.2) is 4.79 Å². The van der Waals surface area contributed by atoms with Crippen molar-refractivity contribution < 1.29 is 4.74 Å². The molecule has 7 nitrogen and oxygen atoms in total. The highest BCUT2D eigenvalue weighted by molar-refractivity contribution is 5.63. The van der Waals surface area contributed by atoms with E-state index in [0.29, 0.717) is 12.2 Å². The minimum Gasteiger partial charge on any atom is -0.497 e. The largest absolute Gasteiger partial charge is 0.497 e. The number of hydrogen-bond acceptors (Lipinski definition) is 5. The first-order chi connectivity index (χ1) is 10.5. The predicted molar refractivity (Wildman–Crippen MR) is 85.9 cm³/mol. The maximum absolute atomic E-state index is 11.6. The van der Waals surface area contributed by atoms with Crippen LogP contribution in [0.2, 0.25) is 0 Å². The molecule has 116 valence electrons. The van der Waals surface area contributed by atoms with E-state index in [1.54, 1.807) is 20.4 Å². The fourth-order valence-corrected chi connectivity index (χ4v) is 1.81. The number of aromatic amines is 1. The Morgan fingerprint density at radius 2 is 2.00 bits per heavy atom. The van der Waals surface area contributed by atoms with E-state index in [1.165, 1.54) is 18.1 Å². The Hall–Kier alpha value is -2.83. The van der Waals surface area contributed by atoms with Gasteiger partial charge < -0.3 is 4.74 Å². The molecule has 0 radical (unpaired) electrons. The molecule has 0 bridgehead atoms. The summed E-state index contributed by atoms with van der Waals surface area (Å²) >= 11 is 0. The lowest BCUT2D eigenvalue weighted by Crippen LogP contribution is -2.33. The monoisotopic (exact) mass is 302 g/mol. The number of H-pyrrole nitrogens is 1. The Morgan fingerprint density at radius 3 is 2.59 bits per heavy atom. The topological polar surface area (TPSA) is 79.7 Å². The van der Waals surface area contributed by atoms with Gasteiger partial charge in [0.25, 0.3) is 5.56 Å². The number of benzene rings is 1. The molecule has 0 fully saturated rings. The number of anilines is 1. The lowest BCUT2D eigenvalue weighted by molar-refractivity contribution is 0.414. The van der Waals surface area contributed by atoms with E-state index in [2.05, 4.69) is 10.1 Å². The second-order valence-corrected chi connectivity index (χ2v) is 4.73. The van der Waals surface area contributed by atoms with Crippen molar-refractivity contribution in [1.82, 2.24) is 9.55 Å². The molecule has 0 unspecified atom stereocenters. The lowest BCUT2D eigenvalue weighted by atomic mass is 10.2. The number of ether oxygens (including phenoxy) is 1. The fourth-order valence-electron chi connectivity index (χ4n) is 1.81. The van der Waals surface area contributed by atoms with Crippen molar-refractivity contribution in [3.63, 3.8) is 0 Å². The van der Waals surface area contributed by atoms with E-state index in [-0.39, 0.29) is 5.56 Å². The van der Waals surface area contributed by atoms with Gasteiger partial charge in [0.2, 0.25) is 0 Å². The number of hydrazone groups is 1.